The molecule has 1 heterocycles. The van der Waals surface area contributed by atoms with Crippen molar-refractivity contribution in [2.75, 3.05) is 4.90 Å². The summed E-state index contributed by atoms with van der Waals surface area (Å²) in [4.78, 5) is 46.6. The first kappa shape index (κ1) is 22.4. The number of urea groups is 1. The van der Waals surface area contributed by atoms with Crippen molar-refractivity contribution in [2.45, 2.75) is 0 Å². The van der Waals surface area contributed by atoms with Crippen molar-refractivity contribution < 1.29 is 24.2 Å². The summed E-state index contributed by atoms with van der Waals surface area (Å²) in [5.41, 5.74) is -0.0736. The minimum atomic E-state index is -0.777. The maximum atomic E-state index is 12.7. The molecule has 170 valence electrons. The van der Waals surface area contributed by atoms with Crippen LogP contribution in [-0.2, 0) is 4.79 Å². The lowest BCUT2D eigenvalue weighted by atomic mass is 10.2. The molecule has 0 atom stereocenters. The topological polar surface area (TPSA) is 145 Å². The predicted octanol–water partition coefficient (Wildman–Crippen LogP) is 5.05. The zero-order chi connectivity index (χ0) is 24.4. The SMILES string of the molecule is O=C1N/C(=C/c2ccc(Oc3ccc([N+](=O)[O-])cc3[N+](=O)[O-])cc2)C(=O)N1c1cccc(Cl)c1. The summed E-state index contributed by atoms with van der Waals surface area (Å²) in [5, 5.41) is 25.0. The maximum absolute atomic E-state index is 12.7. The minimum absolute atomic E-state index is 0.0460. The number of ether oxygens (including phenoxy) is 1. The molecule has 3 amide bonds. The second-order valence-corrected chi connectivity index (χ2v) is 7.38. The summed E-state index contributed by atoms with van der Waals surface area (Å²) in [7, 11) is 0. The molecule has 1 aliphatic heterocycles. The number of imide groups is 1. The average Bonchev–Trinajstić information content (AvgIpc) is 3.07. The third-order valence-electron chi connectivity index (χ3n) is 4.71. The molecule has 1 N–H and O–H groups in total. The number of non-ortho nitro benzene ring substituents is 1. The number of nitrogens with one attached hydrogen (secondary N) is 1. The highest BCUT2D eigenvalue weighted by Crippen LogP contribution is 2.34. The molecular weight excluding hydrogens is 468 g/mol. The van der Waals surface area contributed by atoms with Crippen molar-refractivity contribution in [3.63, 3.8) is 0 Å². The fourth-order valence-corrected chi connectivity index (χ4v) is 3.34. The van der Waals surface area contributed by atoms with E-state index in [4.69, 9.17) is 16.3 Å². The van der Waals surface area contributed by atoms with Gasteiger partial charge in [0.1, 0.15) is 11.4 Å². The van der Waals surface area contributed by atoms with E-state index in [1.54, 1.807) is 30.3 Å². The Kier molecular flexibility index (Phi) is 5.94. The Hall–Kier alpha value is -4.77. The molecule has 0 radical (unpaired) electrons. The van der Waals surface area contributed by atoms with Crippen molar-refractivity contribution in [1.82, 2.24) is 5.32 Å². The number of nitro groups is 2. The van der Waals surface area contributed by atoms with E-state index in [0.717, 1.165) is 23.1 Å². The average molecular weight is 481 g/mol. The number of nitrogens with zero attached hydrogens (tertiary/aromatic N) is 3. The Morgan fingerprint density at radius 3 is 2.32 bits per heavy atom. The number of nitro benzene ring substituents is 2. The lowest BCUT2D eigenvalue weighted by molar-refractivity contribution is -0.394. The molecule has 1 fully saturated rings. The van der Waals surface area contributed by atoms with Gasteiger partial charge in [-0.2, -0.15) is 0 Å². The molecule has 0 aromatic heterocycles. The summed E-state index contributed by atoms with van der Waals surface area (Å²) >= 11 is 5.94. The fraction of sp³-hybridized carbons (Fsp3) is 0. The van der Waals surface area contributed by atoms with E-state index in [-0.39, 0.29) is 17.2 Å². The first-order valence-corrected chi connectivity index (χ1v) is 9.94. The summed E-state index contributed by atoms with van der Waals surface area (Å²) in [6.07, 6.45) is 1.46. The van der Waals surface area contributed by atoms with Crippen molar-refractivity contribution in [1.29, 1.82) is 0 Å². The van der Waals surface area contributed by atoms with Crippen LogP contribution in [0.3, 0.4) is 0 Å². The molecule has 3 aromatic rings. The normalized spacial score (nSPS) is 14.3. The van der Waals surface area contributed by atoms with Crippen LogP contribution in [-0.4, -0.2) is 21.8 Å². The van der Waals surface area contributed by atoms with Gasteiger partial charge in [0.05, 0.1) is 21.6 Å². The van der Waals surface area contributed by atoms with Gasteiger partial charge in [0, 0.05) is 11.1 Å². The molecule has 3 aromatic carbocycles. The summed E-state index contributed by atoms with van der Waals surface area (Å²) in [6.45, 7) is 0. The van der Waals surface area contributed by atoms with Crippen molar-refractivity contribution in [3.8, 4) is 11.5 Å². The third kappa shape index (κ3) is 4.54. The Labute approximate surface area is 196 Å². The van der Waals surface area contributed by atoms with E-state index in [1.807, 2.05) is 0 Å². The Balaban J connectivity index is 1.54. The van der Waals surface area contributed by atoms with Crippen LogP contribution in [0.2, 0.25) is 5.02 Å². The van der Waals surface area contributed by atoms with Crippen LogP contribution >= 0.6 is 11.6 Å². The van der Waals surface area contributed by atoms with E-state index < -0.39 is 33.2 Å². The molecular formula is C22H13ClN4O7. The standard InChI is InChI=1S/C22H13ClN4O7/c23-14-2-1-3-15(11-14)25-21(28)18(24-22(25)29)10-13-4-7-17(8-5-13)34-20-9-6-16(26(30)31)12-19(20)27(32)33/h1-12H,(H,24,29)/b18-10+. The monoisotopic (exact) mass is 480 g/mol. The van der Waals surface area contributed by atoms with Gasteiger partial charge in [0.2, 0.25) is 5.75 Å². The van der Waals surface area contributed by atoms with Crippen LogP contribution < -0.4 is 15.0 Å². The summed E-state index contributed by atoms with van der Waals surface area (Å²) in [6, 6.07) is 14.9. The van der Waals surface area contributed by atoms with Crippen LogP contribution in [0.25, 0.3) is 6.08 Å². The van der Waals surface area contributed by atoms with Crippen molar-refractivity contribution in [2.24, 2.45) is 0 Å². The highest BCUT2D eigenvalue weighted by Gasteiger charge is 2.34. The first-order chi connectivity index (χ1) is 16.2. The molecule has 12 heteroatoms. The lowest BCUT2D eigenvalue weighted by Gasteiger charge is -2.11. The number of rotatable bonds is 6. The second-order valence-electron chi connectivity index (χ2n) is 6.95. The van der Waals surface area contributed by atoms with Crippen LogP contribution in [0, 0.1) is 20.2 Å². The molecule has 0 spiro atoms. The first-order valence-electron chi connectivity index (χ1n) is 9.56. The van der Waals surface area contributed by atoms with Gasteiger partial charge in [-0.05, 0) is 48.0 Å². The number of carbonyl (C=O) groups is 2. The minimum Gasteiger partial charge on any atom is -0.450 e. The number of hydrogen-bond donors (Lipinski definition) is 1. The molecule has 34 heavy (non-hydrogen) atoms. The Bertz CT molecular complexity index is 1370. The lowest BCUT2D eigenvalue weighted by Crippen LogP contribution is -2.30. The van der Waals surface area contributed by atoms with Gasteiger partial charge in [0.15, 0.2) is 0 Å². The molecule has 0 bridgehead atoms. The van der Waals surface area contributed by atoms with Gasteiger partial charge < -0.3 is 10.1 Å². The molecule has 1 saturated heterocycles. The number of halogens is 1. The van der Waals surface area contributed by atoms with Crippen LogP contribution in [0.15, 0.2) is 72.4 Å². The quantitative estimate of drug-likeness (QED) is 0.225. The van der Waals surface area contributed by atoms with Crippen LogP contribution in [0.4, 0.5) is 21.9 Å². The molecule has 0 unspecified atom stereocenters. The number of amides is 3. The molecule has 1 aliphatic rings. The Morgan fingerprint density at radius 1 is 0.941 bits per heavy atom. The smallest absolute Gasteiger partial charge is 0.333 e. The zero-order valence-electron chi connectivity index (χ0n) is 17.0. The Morgan fingerprint density at radius 2 is 1.68 bits per heavy atom. The predicted molar refractivity (Wildman–Crippen MR) is 122 cm³/mol. The molecule has 0 saturated carbocycles. The molecule has 0 aliphatic carbocycles. The van der Waals surface area contributed by atoms with Gasteiger partial charge in [0.25, 0.3) is 11.6 Å². The molecule has 11 nitrogen and oxygen atoms in total. The van der Waals surface area contributed by atoms with Gasteiger partial charge in [-0.15, -0.1) is 0 Å². The van der Waals surface area contributed by atoms with Gasteiger partial charge in [-0.3, -0.25) is 25.0 Å². The maximum Gasteiger partial charge on any atom is 0.333 e. The summed E-state index contributed by atoms with van der Waals surface area (Å²) < 4.78 is 5.51. The number of anilines is 1. The van der Waals surface area contributed by atoms with E-state index in [2.05, 4.69) is 5.32 Å². The number of carbonyl (C=O) groups excluding carboxylic acids is 2. The van der Waals surface area contributed by atoms with Gasteiger partial charge in [-0.25, -0.2) is 9.69 Å². The van der Waals surface area contributed by atoms with E-state index in [9.17, 15) is 29.8 Å². The largest absolute Gasteiger partial charge is 0.450 e. The second kappa shape index (κ2) is 9.00. The molecule has 4 rings (SSSR count). The van der Waals surface area contributed by atoms with Crippen molar-refractivity contribution in [3.05, 3.63) is 103 Å². The third-order valence-corrected chi connectivity index (χ3v) is 4.95. The van der Waals surface area contributed by atoms with Gasteiger partial charge in [-0.1, -0.05) is 29.8 Å². The van der Waals surface area contributed by atoms with E-state index in [0.29, 0.717) is 16.3 Å². The summed E-state index contributed by atoms with van der Waals surface area (Å²) in [5.74, 6) is -0.507. The number of hydrogen-bond acceptors (Lipinski definition) is 7. The van der Waals surface area contributed by atoms with Crippen LogP contribution in [0.1, 0.15) is 5.56 Å². The van der Waals surface area contributed by atoms with E-state index >= 15 is 0 Å². The highest BCUT2D eigenvalue weighted by atomic mass is 35.5. The number of benzene rings is 3. The van der Waals surface area contributed by atoms with Crippen LogP contribution in [0.5, 0.6) is 11.5 Å². The highest BCUT2D eigenvalue weighted by molar-refractivity contribution is 6.32. The zero-order valence-corrected chi connectivity index (χ0v) is 17.8. The van der Waals surface area contributed by atoms with E-state index in [1.165, 1.54) is 24.3 Å². The fourth-order valence-electron chi connectivity index (χ4n) is 3.16. The van der Waals surface area contributed by atoms with Crippen molar-refractivity contribution >= 4 is 46.7 Å². The van der Waals surface area contributed by atoms with Gasteiger partial charge >= 0.3 is 11.7 Å².